The summed E-state index contributed by atoms with van der Waals surface area (Å²) in [5, 5.41) is 10.1. The fourth-order valence-corrected chi connectivity index (χ4v) is 7.12. The molecule has 0 aromatic carbocycles. The molecule has 128 valence electrons. The Morgan fingerprint density at radius 1 is 1.00 bits per heavy atom. The normalized spacial score (nSPS) is 49.1. The maximum Gasteiger partial charge on any atom is 0.0578 e. The molecular weight excluding hydrogens is 280 g/mol. The average Bonchev–Trinajstić information content (AvgIpc) is 2.85. The molecule has 3 fully saturated rings. The van der Waals surface area contributed by atoms with Gasteiger partial charge in [-0.2, -0.15) is 0 Å². The molecule has 0 aliphatic heterocycles. The topological polar surface area (TPSA) is 20.2 Å². The van der Waals surface area contributed by atoms with Gasteiger partial charge in [0.05, 0.1) is 6.10 Å². The maximum absolute atomic E-state index is 10.1. The Bertz CT molecular complexity index is 556. The van der Waals surface area contributed by atoms with Gasteiger partial charge in [0.25, 0.3) is 0 Å². The first-order valence-corrected chi connectivity index (χ1v) is 9.95. The van der Waals surface area contributed by atoms with Crippen molar-refractivity contribution in [1.29, 1.82) is 0 Å². The SMILES string of the molecule is CC(C)[C@H]1CC[C@H]2C3=CC=C4C[C@@H](O)CC[C@]4(C)[C@H]3CC[C@]12C. The molecule has 0 heterocycles. The van der Waals surface area contributed by atoms with Crippen LogP contribution in [-0.2, 0) is 0 Å². The number of aliphatic hydroxyl groups excluding tert-OH is 1. The Kier molecular flexibility index (Phi) is 3.61. The van der Waals surface area contributed by atoms with E-state index >= 15 is 0 Å². The molecule has 0 aromatic heterocycles. The van der Waals surface area contributed by atoms with E-state index in [4.69, 9.17) is 0 Å². The molecule has 0 radical (unpaired) electrons. The summed E-state index contributed by atoms with van der Waals surface area (Å²) in [4.78, 5) is 0. The Morgan fingerprint density at radius 2 is 1.78 bits per heavy atom. The molecule has 0 unspecified atom stereocenters. The van der Waals surface area contributed by atoms with Crippen molar-refractivity contribution >= 4 is 0 Å². The molecule has 4 aliphatic rings. The minimum Gasteiger partial charge on any atom is -0.393 e. The minimum atomic E-state index is -0.102. The molecule has 4 aliphatic carbocycles. The van der Waals surface area contributed by atoms with E-state index in [2.05, 4.69) is 39.8 Å². The molecular formula is C22H34O. The average molecular weight is 315 g/mol. The summed E-state index contributed by atoms with van der Waals surface area (Å²) >= 11 is 0. The van der Waals surface area contributed by atoms with Crippen LogP contribution in [0.25, 0.3) is 0 Å². The van der Waals surface area contributed by atoms with Gasteiger partial charge in [0.1, 0.15) is 0 Å². The molecule has 1 heteroatoms. The first-order valence-electron chi connectivity index (χ1n) is 9.95. The maximum atomic E-state index is 10.1. The summed E-state index contributed by atoms with van der Waals surface area (Å²) in [5.41, 5.74) is 4.18. The quantitative estimate of drug-likeness (QED) is 0.677. The number of allylic oxidation sites excluding steroid dienone is 3. The summed E-state index contributed by atoms with van der Waals surface area (Å²) in [6, 6.07) is 0. The van der Waals surface area contributed by atoms with Crippen molar-refractivity contribution in [1.82, 2.24) is 0 Å². The van der Waals surface area contributed by atoms with Crippen LogP contribution in [0.5, 0.6) is 0 Å². The Balaban J connectivity index is 1.71. The zero-order valence-electron chi connectivity index (χ0n) is 15.4. The fraction of sp³-hybridized carbons (Fsp3) is 0.818. The predicted molar refractivity (Wildman–Crippen MR) is 96.0 cm³/mol. The van der Waals surface area contributed by atoms with Crippen molar-refractivity contribution in [3.8, 4) is 0 Å². The lowest BCUT2D eigenvalue weighted by atomic mass is 9.50. The van der Waals surface area contributed by atoms with E-state index in [-0.39, 0.29) is 6.10 Å². The van der Waals surface area contributed by atoms with Gasteiger partial charge in [0.2, 0.25) is 0 Å². The number of fused-ring (bicyclic) bond motifs is 5. The van der Waals surface area contributed by atoms with Gasteiger partial charge in [-0.1, -0.05) is 51.0 Å². The lowest BCUT2D eigenvalue weighted by molar-refractivity contribution is 0.0357. The van der Waals surface area contributed by atoms with Crippen LogP contribution in [0, 0.1) is 34.5 Å². The molecule has 6 atom stereocenters. The summed E-state index contributed by atoms with van der Waals surface area (Å²) in [6.45, 7) is 9.96. The van der Waals surface area contributed by atoms with Gasteiger partial charge in [0.15, 0.2) is 0 Å². The zero-order chi connectivity index (χ0) is 16.4. The Morgan fingerprint density at radius 3 is 2.52 bits per heavy atom. The molecule has 1 nitrogen and oxygen atoms in total. The smallest absolute Gasteiger partial charge is 0.0578 e. The fourth-order valence-electron chi connectivity index (χ4n) is 7.12. The van der Waals surface area contributed by atoms with Gasteiger partial charge in [-0.05, 0) is 79.4 Å². The van der Waals surface area contributed by atoms with Crippen LogP contribution in [0.15, 0.2) is 23.3 Å². The third kappa shape index (κ3) is 2.15. The van der Waals surface area contributed by atoms with E-state index in [0.29, 0.717) is 10.8 Å². The van der Waals surface area contributed by atoms with Gasteiger partial charge < -0.3 is 5.11 Å². The van der Waals surface area contributed by atoms with Crippen molar-refractivity contribution in [3.63, 3.8) is 0 Å². The standard InChI is InChI=1S/C22H34O/c1-14(2)18-7-8-19-17-6-5-15-13-16(23)9-11-21(15,3)20(17)10-12-22(18,19)4/h5-6,14,16,18-20,23H,7-13H2,1-4H3/t16-,18+,19-,20-,21-,22+/m0/s1. The molecule has 3 saturated carbocycles. The number of aliphatic hydroxyl groups is 1. The highest BCUT2D eigenvalue weighted by molar-refractivity contribution is 5.38. The highest BCUT2D eigenvalue weighted by Crippen LogP contribution is 2.65. The number of rotatable bonds is 1. The number of hydrogen-bond acceptors (Lipinski definition) is 1. The Labute approximate surface area is 142 Å². The Hall–Kier alpha value is -0.560. The lowest BCUT2D eigenvalue weighted by Gasteiger charge is -2.55. The van der Waals surface area contributed by atoms with Crippen molar-refractivity contribution < 1.29 is 5.11 Å². The highest BCUT2D eigenvalue weighted by Gasteiger charge is 2.56. The monoisotopic (exact) mass is 314 g/mol. The van der Waals surface area contributed by atoms with Crippen LogP contribution in [0.3, 0.4) is 0 Å². The second-order valence-electron chi connectivity index (χ2n) is 9.75. The molecule has 0 spiro atoms. The van der Waals surface area contributed by atoms with Gasteiger partial charge >= 0.3 is 0 Å². The van der Waals surface area contributed by atoms with E-state index in [1.54, 1.807) is 5.57 Å². The van der Waals surface area contributed by atoms with Crippen LogP contribution in [0.4, 0.5) is 0 Å². The second kappa shape index (κ2) is 5.22. The number of hydrogen-bond donors (Lipinski definition) is 1. The molecule has 23 heavy (non-hydrogen) atoms. The van der Waals surface area contributed by atoms with E-state index < -0.39 is 0 Å². The summed E-state index contributed by atoms with van der Waals surface area (Å²) < 4.78 is 0. The first-order chi connectivity index (χ1) is 10.9. The van der Waals surface area contributed by atoms with Crippen LogP contribution >= 0.6 is 0 Å². The van der Waals surface area contributed by atoms with Gasteiger partial charge in [-0.3, -0.25) is 0 Å². The highest BCUT2D eigenvalue weighted by atomic mass is 16.3. The second-order valence-corrected chi connectivity index (χ2v) is 9.75. The van der Waals surface area contributed by atoms with Crippen molar-refractivity contribution in [2.24, 2.45) is 34.5 Å². The molecule has 1 N–H and O–H groups in total. The van der Waals surface area contributed by atoms with Crippen LogP contribution in [-0.4, -0.2) is 11.2 Å². The van der Waals surface area contributed by atoms with Crippen molar-refractivity contribution in [2.45, 2.75) is 78.7 Å². The zero-order valence-corrected chi connectivity index (χ0v) is 15.4. The molecule has 0 bridgehead atoms. The van der Waals surface area contributed by atoms with Crippen LogP contribution in [0.1, 0.15) is 72.6 Å². The van der Waals surface area contributed by atoms with E-state index in [9.17, 15) is 5.11 Å². The predicted octanol–water partition coefficient (Wildman–Crippen LogP) is 5.50. The van der Waals surface area contributed by atoms with E-state index in [1.807, 2.05) is 0 Å². The van der Waals surface area contributed by atoms with Crippen LogP contribution in [0.2, 0.25) is 0 Å². The van der Waals surface area contributed by atoms with E-state index in [0.717, 1.165) is 36.5 Å². The summed E-state index contributed by atoms with van der Waals surface area (Å²) in [7, 11) is 0. The van der Waals surface area contributed by atoms with Gasteiger partial charge in [0, 0.05) is 0 Å². The third-order valence-corrected chi connectivity index (χ3v) is 8.42. The summed E-state index contributed by atoms with van der Waals surface area (Å²) in [6.07, 6.45) is 13.5. The first kappa shape index (κ1) is 15.9. The molecule has 0 saturated heterocycles. The molecule has 0 amide bonds. The molecule has 4 rings (SSSR count). The van der Waals surface area contributed by atoms with E-state index in [1.165, 1.54) is 37.7 Å². The van der Waals surface area contributed by atoms with Crippen molar-refractivity contribution in [3.05, 3.63) is 23.3 Å². The largest absolute Gasteiger partial charge is 0.393 e. The molecule has 0 aromatic rings. The minimum absolute atomic E-state index is 0.102. The van der Waals surface area contributed by atoms with Crippen LogP contribution < -0.4 is 0 Å². The lowest BCUT2D eigenvalue weighted by Crippen LogP contribution is -2.46. The van der Waals surface area contributed by atoms with Crippen molar-refractivity contribution in [2.75, 3.05) is 0 Å². The van der Waals surface area contributed by atoms with Gasteiger partial charge in [-0.15, -0.1) is 0 Å². The summed E-state index contributed by atoms with van der Waals surface area (Å²) in [5.74, 6) is 3.28. The van der Waals surface area contributed by atoms with Gasteiger partial charge in [-0.25, -0.2) is 0 Å². The third-order valence-electron chi connectivity index (χ3n) is 8.42.